The van der Waals surface area contributed by atoms with Crippen LogP contribution in [0.15, 0.2) is 18.2 Å². The summed E-state index contributed by atoms with van der Waals surface area (Å²) in [6, 6.07) is 6.00. The lowest BCUT2D eigenvalue weighted by Gasteiger charge is -2.21. The van der Waals surface area contributed by atoms with Gasteiger partial charge in [0.15, 0.2) is 0 Å². The summed E-state index contributed by atoms with van der Waals surface area (Å²) in [4.78, 5) is 0. The average Bonchev–Trinajstić information content (AvgIpc) is 2.36. The topological polar surface area (TPSA) is 38.7 Å². The predicted molar refractivity (Wildman–Crippen MR) is 66.3 cm³/mol. The molecule has 0 amide bonds. The van der Waals surface area contributed by atoms with Crippen molar-refractivity contribution in [3.05, 3.63) is 29.3 Å². The van der Waals surface area contributed by atoms with Crippen molar-refractivity contribution in [1.29, 1.82) is 0 Å². The molecule has 1 aliphatic carbocycles. The minimum atomic E-state index is -0.325. The zero-order chi connectivity index (χ0) is 12.1. The van der Waals surface area contributed by atoms with Crippen molar-refractivity contribution in [2.24, 2.45) is 0 Å². The molecule has 94 valence electrons. The fraction of sp³-hybridized carbons (Fsp3) is 0.571. The van der Waals surface area contributed by atoms with Crippen molar-refractivity contribution < 1.29 is 14.6 Å². The second-order valence-corrected chi connectivity index (χ2v) is 4.31. The molecule has 1 aromatic rings. The van der Waals surface area contributed by atoms with Gasteiger partial charge in [-0.15, -0.1) is 0 Å². The summed E-state index contributed by atoms with van der Waals surface area (Å²) in [6.45, 7) is 3.85. The van der Waals surface area contributed by atoms with Gasteiger partial charge in [0.1, 0.15) is 12.4 Å². The van der Waals surface area contributed by atoms with Gasteiger partial charge in [-0.2, -0.15) is 0 Å². The highest BCUT2D eigenvalue weighted by Gasteiger charge is 2.18. The van der Waals surface area contributed by atoms with Crippen LogP contribution >= 0.6 is 0 Å². The number of benzene rings is 1. The molecule has 1 atom stereocenters. The van der Waals surface area contributed by atoms with E-state index in [1.165, 1.54) is 5.56 Å². The third kappa shape index (κ3) is 3.20. The van der Waals surface area contributed by atoms with Crippen molar-refractivity contribution in [3.8, 4) is 5.75 Å². The van der Waals surface area contributed by atoms with Gasteiger partial charge in [0.25, 0.3) is 0 Å². The van der Waals surface area contributed by atoms with Crippen LogP contribution in [0, 0.1) is 0 Å². The molecule has 0 saturated heterocycles. The maximum Gasteiger partial charge on any atom is 0.119 e. The number of hydrogen-bond donors (Lipinski definition) is 1. The molecule has 0 heterocycles. The number of hydrogen-bond acceptors (Lipinski definition) is 3. The van der Waals surface area contributed by atoms with E-state index in [1.807, 2.05) is 19.1 Å². The van der Waals surface area contributed by atoms with Crippen LogP contribution in [0.5, 0.6) is 5.75 Å². The maximum absolute atomic E-state index is 9.92. The highest BCUT2D eigenvalue weighted by Crippen LogP contribution is 2.32. The molecular formula is C14H20O3. The molecular weight excluding hydrogens is 216 g/mol. The zero-order valence-electron chi connectivity index (χ0n) is 10.3. The van der Waals surface area contributed by atoms with Crippen LogP contribution in [0.25, 0.3) is 0 Å². The number of aryl methyl sites for hydroxylation is 1. The van der Waals surface area contributed by atoms with Crippen LogP contribution in [0.2, 0.25) is 0 Å². The Kier molecular flexibility index (Phi) is 4.40. The van der Waals surface area contributed by atoms with Gasteiger partial charge < -0.3 is 14.6 Å². The van der Waals surface area contributed by atoms with E-state index >= 15 is 0 Å². The molecule has 1 aliphatic rings. The molecule has 0 bridgehead atoms. The van der Waals surface area contributed by atoms with Gasteiger partial charge in [-0.3, -0.25) is 0 Å². The van der Waals surface area contributed by atoms with E-state index in [0.717, 1.165) is 30.6 Å². The summed E-state index contributed by atoms with van der Waals surface area (Å²) in [5, 5.41) is 9.92. The largest absolute Gasteiger partial charge is 0.491 e. The predicted octanol–water partition coefficient (Wildman–Crippen LogP) is 2.47. The van der Waals surface area contributed by atoms with Gasteiger partial charge in [0.05, 0.1) is 12.7 Å². The molecule has 0 aliphatic heterocycles. The van der Waals surface area contributed by atoms with Crippen LogP contribution in [0.3, 0.4) is 0 Å². The van der Waals surface area contributed by atoms with Crippen molar-refractivity contribution in [1.82, 2.24) is 0 Å². The Morgan fingerprint density at radius 1 is 1.35 bits per heavy atom. The summed E-state index contributed by atoms with van der Waals surface area (Å²) in [7, 11) is 0. The molecule has 0 aromatic heterocycles. The first-order valence-corrected chi connectivity index (χ1v) is 6.32. The molecule has 1 aromatic carbocycles. The van der Waals surface area contributed by atoms with E-state index < -0.39 is 0 Å². The van der Waals surface area contributed by atoms with E-state index in [4.69, 9.17) is 9.47 Å². The lowest BCUT2D eigenvalue weighted by atomic mass is 9.89. The Morgan fingerprint density at radius 3 is 3.06 bits per heavy atom. The maximum atomic E-state index is 9.92. The van der Waals surface area contributed by atoms with Gasteiger partial charge >= 0.3 is 0 Å². The first kappa shape index (κ1) is 12.4. The Balaban J connectivity index is 1.97. The van der Waals surface area contributed by atoms with E-state index in [9.17, 15) is 5.11 Å². The molecule has 1 N–H and O–H groups in total. The van der Waals surface area contributed by atoms with Crippen molar-refractivity contribution in [3.63, 3.8) is 0 Å². The van der Waals surface area contributed by atoms with Gasteiger partial charge in [-0.25, -0.2) is 0 Å². The minimum Gasteiger partial charge on any atom is -0.491 e. The summed E-state index contributed by atoms with van der Waals surface area (Å²) in [6.07, 6.45) is 2.66. The molecule has 0 saturated carbocycles. The van der Waals surface area contributed by atoms with Gasteiger partial charge in [-0.1, -0.05) is 6.07 Å². The Labute approximate surface area is 102 Å². The summed E-state index contributed by atoms with van der Waals surface area (Å²) in [5.74, 6) is 0.824. The standard InChI is InChI=1S/C14H20O3/c1-2-16-8-9-17-12-7-6-11-4-3-5-14(15)13(11)10-12/h6-7,10,14-15H,2-5,8-9H2,1H3/t14-/m0/s1. The van der Waals surface area contributed by atoms with Gasteiger partial charge in [-0.05, 0) is 49.4 Å². The summed E-state index contributed by atoms with van der Waals surface area (Å²) in [5.41, 5.74) is 2.28. The van der Waals surface area contributed by atoms with Gasteiger partial charge in [0.2, 0.25) is 0 Å². The quantitative estimate of drug-likeness (QED) is 0.798. The second-order valence-electron chi connectivity index (χ2n) is 4.31. The first-order valence-electron chi connectivity index (χ1n) is 6.32. The fourth-order valence-electron chi connectivity index (χ4n) is 2.20. The van der Waals surface area contributed by atoms with Crippen molar-refractivity contribution in [2.75, 3.05) is 19.8 Å². The summed E-state index contributed by atoms with van der Waals surface area (Å²) >= 11 is 0. The highest BCUT2D eigenvalue weighted by molar-refractivity contribution is 5.38. The van der Waals surface area contributed by atoms with E-state index in [2.05, 4.69) is 6.07 Å². The van der Waals surface area contributed by atoms with E-state index in [0.29, 0.717) is 19.8 Å². The van der Waals surface area contributed by atoms with Gasteiger partial charge in [0, 0.05) is 6.61 Å². The highest BCUT2D eigenvalue weighted by atomic mass is 16.5. The number of aliphatic hydroxyl groups excluding tert-OH is 1. The number of aliphatic hydroxyl groups is 1. The Hall–Kier alpha value is -1.06. The molecule has 3 nitrogen and oxygen atoms in total. The Bertz CT molecular complexity index is 362. The summed E-state index contributed by atoms with van der Waals surface area (Å²) < 4.78 is 10.8. The van der Waals surface area contributed by atoms with Crippen LogP contribution < -0.4 is 4.74 Å². The third-order valence-corrected chi connectivity index (χ3v) is 3.10. The third-order valence-electron chi connectivity index (χ3n) is 3.10. The number of rotatable bonds is 5. The monoisotopic (exact) mass is 236 g/mol. The smallest absolute Gasteiger partial charge is 0.119 e. The number of ether oxygens (including phenoxy) is 2. The van der Waals surface area contributed by atoms with Crippen LogP contribution in [-0.4, -0.2) is 24.9 Å². The minimum absolute atomic E-state index is 0.325. The average molecular weight is 236 g/mol. The van der Waals surface area contributed by atoms with E-state index in [-0.39, 0.29) is 6.10 Å². The fourth-order valence-corrected chi connectivity index (χ4v) is 2.20. The molecule has 0 spiro atoms. The first-order chi connectivity index (χ1) is 8.31. The molecule has 2 rings (SSSR count). The second kappa shape index (κ2) is 6.03. The Morgan fingerprint density at radius 2 is 2.24 bits per heavy atom. The van der Waals surface area contributed by atoms with E-state index in [1.54, 1.807) is 0 Å². The zero-order valence-corrected chi connectivity index (χ0v) is 10.3. The van der Waals surface area contributed by atoms with Crippen LogP contribution in [-0.2, 0) is 11.2 Å². The van der Waals surface area contributed by atoms with Crippen LogP contribution in [0.1, 0.15) is 37.0 Å². The lowest BCUT2D eigenvalue weighted by Crippen LogP contribution is -2.10. The molecule has 0 fully saturated rings. The SMILES string of the molecule is CCOCCOc1ccc2c(c1)[C@@H](O)CCC2. The molecule has 0 unspecified atom stereocenters. The normalized spacial score (nSPS) is 18.8. The van der Waals surface area contributed by atoms with Crippen LogP contribution in [0.4, 0.5) is 0 Å². The number of fused-ring (bicyclic) bond motifs is 1. The van der Waals surface area contributed by atoms with Crippen molar-refractivity contribution in [2.45, 2.75) is 32.3 Å². The van der Waals surface area contributed by atoms with Crippen molar-refractivity contribution >= 4 is 0 Å². The molecule has 3 heteroatoms. The molecule has 17 heavy (non-hydrogen) atoms. The molecule has 0 radical (unpaired) electrons. The lowest BCUT2D eigenvalue weighted by molar-refractivity contribution is 0.110.